The average molecular weight is 347 g/mol. The molecule has 1 aliphatic rings. The molecule has 0 bridgehead atoms. The van der Waals surface area contributed by atoms with E-state index in [0.717, 1.165) is 19.3 Å². The minimum absolute atomic E-state index is 0.0891. The number of rotatable bonds is 4. The van der Waals surface area contributed by atoms with Gasteiger partial charge in [0.15, 0.2) is 0 Å². The molecule has 2 rings (SSSR count). The van der Waals surface area contributed by atoms with E-state index in [0.29, 0.717) is 24.6 Å². The molecule has 1 aromatic rings. The maximum atomic E-state index is 12.8. The number of thiocarbonyl (C=S) groups is 1. The number of hydrogen-bond acceptors (Lipinski definition) is 3. The molecule has 1 fully saturated rings. The first-order valence-corrected chi connectivity index (χ1v) is 9.18. The van der Waals surface area contributed by atoms with E-state index in [4.69, 9.17) is 29.6 Å². The van der Waals surface area contributed by atoms with Gasteiger partial charge < -0.3 is 5.73 Å². The van der Waals surface area contributed by atoms with Crippen LogP contribution in [-0.4, -0.2) is 30.8 Å². The molecule has 7 heteroatoms. The lowest BCUT2D eigenvalue weighted by atomic mass is 9.97. The van der Waals surface area contributed by atoms with Crippen molar-refractivity contribution >= 4 is 38.8 Å². The lowest BCUT2D eigenvalue weighted by molar-refractivity contribution is 0.261. The van der Waals surface area contributed by atoms with E-state index in [1.165, 1.54) is 16.4 Å². The fraction of sp³-hybridized carbons (Fsp3) is 0.500. The van der Waals surface area contributed by atoms with Crippen molar-refractivity contribution < 1.29 is 8.42 Å². The largest absolute Gasteiger partial charge is 0.389 e. The Bertz CT molecular complexity index is 646. The average Bonchev–Trinajstić information content (AvgIpc) is 2.47. The monoisotopic (exact) mass is 346 g/mol. The molecule has 1 aromatic carbocycles. The standard InChI is InChI=1S/C14H19ClN2O2S2/c1-2-10-4-3-7-17(9-10)21(18,19)13-8-11(14(16)20)5-6-12(13)15/h5-6,8,10H,2-4,7,9H2,1H3,(H2,16,20). The molecule has 21 heavy (non-hydrogen) atoms. The molecule has 1 saturated heterocycles. The highest BCUT2D eigenvalue weighted by molar-refractivity contribution is 7.89. The number of halogens is 1. The molecule has 0 spiro atoms. The van der Waals surface area contributed by atoms with Crippen LogP contribution in [0.15, 0.2) is 23.1 Å². The van der Waals surface area contributed by atoms with Crippen LogP contribution >= 0.6 is 23.8 Å². The molecule has 0 aliphatic carbocycles. The quantitative estimate of drug-likeness (QED) is 0.851. The lowest BCUT2D eigenvalue weighted by Gasteiger charge is -2.31. The van der Waals surface area contributed by atoms with Crippen LogP contribution in [0.25, 0.3) is 0 Å². The van der Waals surface area contributed by atoms with Crippen molar-refractivity contribution in [1.82, 2.24) is 4.31 Å². The highest BCUT2D eigenvalue weighted by atomic mass is 35.5. The van der Waals surface area contributed by atoms with E-state index in [9.17, 15) is 8.42 Å². The van der Waals surface area contributed by atoms with Crippen molar-refractivity contribution in [2.24, 2.45) is 11.7 Å². The van der Waals surface area contributed by atoms with Gasteiger partial charge in [-0.2, -0.15) is 4.31 Å². The molecule has 1 aliphatic heterocycles. The van der Waals surface area contributed by atoms with E-state index in [2.05, 4.69) is 6.92 Å². The van der Waals surface area contributed by atoms with E-state index in [-0.39, 0.29) is 14.9 Å². The predicted octanol–water partition coefficient (Wildman–Crippen LogP) is 2.78. The maximum absolute atomic E-state index is 12.8. The lowest BCUT2D eigenvalue weighted by Crippen LogP contribution is -2.39. The third kappa shape index (κ3) is 3.56. The number of nitrogens with zero attached hydrogens (tertiary/aromatic N) is 1. The molecule has 1 heterocycles. The normalized spacial score (nSPS) is 20.4. The first kappa shape index (κ1) is 16.7. The molecule has 0 saturated carbocycles. The third-order valence-electron chi connectivity index (χ3n) is 3.89. The molecule has 4 nitrogen and oxygen atoms in total. The first-order chi connectivity index (χ1) is 9.86. The maximum Gasteiger partial charge on any atom is 0.244 e. The molecule has 2 N–H and O–H groups in total. The second-order valence-electron chi connectivity index (χ2n) is 5.29. The van der Waals surface area contributed by atoms with E-state index >= 15 is 0 Å². The smallest absolute Gasteiger partial charge is 0.244 e. The minimum Gasteiger partial charge on any atom is -0.389 e. The number of benzene rings is 1. The van der Waals surface area contributed by atoms with Gasteiger partial charge in [-0.1, -0.05) is 43.2 Å². The Morgan fingerprint density at radius 3 is 2.86 bits per heavy atom. The summed E-state index contributed by atoms with van der Waals surface area (Å²) in [5.41, 5.74) is 6.09. The van der Waals surface area contributed by atoms with Crippen LogP contribution in [-0.2, 0) is 10.0 Å². The van der Waals surface area contributed by atoms with Gasteiger partial charge in [-0.15, -0.1) is 0 Å². The highest BCUT2D eigenvalue weighted by Crippen LogP contribution is 2.29. The van der Waals surface area contributed by atoms with Gasteiger partial charge in [-0.25, -0.2) is 8.42 Å². The number of nitrogens with two attached hydrogens (primary N) is 1. The van der Waals surface area contributed by atoms with Crippen molar-refractivity contribution in [3.63, 3.8) is 0 Å². The SMILES string of the molecule is CCC1CCCN(S(=O)(=O)c2cc(C(N)=S)ccc2Cl)C1. The number of piperidine rings is 1. The van der Waals surface area contributed by atoms with Crippen LogP contribution in [0.1, 0.15) is 31.7 Å². The topological polar surface area (TPSA) is 63.4 Å². The summed E-state index contributed by atoms with van der Waals surface area (Å²) >= 11 is 11.0. The number of sulfonamides is 1. The zero-order chi connectivity index (χ0) is 15.6. The van der Waals surface area contributed by atoms with E-state index in [1.807, 2.05) is 0 Å². The van der Waals surface area contributed by atoms with Crippen molar-refractivity contribution in [3.8, 4) is 0 Å². The summed E-state index contributed by atoms with van der Waals surface area (Å²) in [6, 6.07) is 4.63. The predicted molar refractivity (Wildman–Crippen MR) is 89.1 cm³/mol. The molecule has 116 valence electrons. The first-order valence-electron chi connectivity index (χ1n) is 6.95. The van der Waals surface area contributed by atoms with Crippen LogP contribution < -0.4 is 5.73 Å². The summed E-state index contributed by atoms with van der Waals surface area (Å²) < 4.78 is 27.1. The summed E-state index contributed by atoms with van der Waals surface area (Å²) in [6.45, 7) is 3.17. The molecule has 0 aromatic heterocycles. The fourth-order valence-corrected chi connectivity index (χ4v) is 4.75. The summed E-state index contributed by atoms with van der Waals surface area (Å²) in [5, 5.41) is 0.202. The van der Waals surface area contributed by atoms with Gasteiger partial charge in [0, 0.05) is 18.7 Å². The molecule has 1 atom stereocenters. The Hall–Kier alpha value is -0.690. The van der Waals surface area contributed by atoms with Gasteiger partial charge in [-0.3, -0.25) is 0 Å². The van der Waals surface area contributed by atoms with Crippen molar-refractivity contribution in [2.45, 2.75) is 31.1 Å². The van der Waals surface area contributed by atoms with E-state index < -0.39 is 10.0 Å². The summed E-state index contributed by atoms with van der Waals surface area (Å²) in [4.78, 5) is 0.249. The third-order valence-corrected chi connectivity index (χ3v) is 6.48. The Morgan fingerprint density at radius 1 is 1.52 bits per heavy atom. The van der Waals surface area contributed by atoms with Crippen molar-refractivity contribution in [2.75, 3.05) is 13.1 Å². The van der Waals surface area contributed by atoms with Gasteiger partial charge >= 0.3 is 0 Å². The zero-order valence-electron chi connectivity index (χ0n) is 11.9. The van der Waals surface area contributed by atoms with Crippen molar-refractivity contribution in [3.05, 3.63) is 28.8 Å². The van der Waals surface area contributed by atoms with Gasteiger partial charge in [0.2, 0.25) is 10.0 Å². The van der Waals surface area contributed by atoms with Crippen LogP contribution in [0.3, 0.4) is 0 Å². The second kappa shape index (κ2) is 6.60. The fourth-order valence-electron chi connectivity index (χ4n) is 2.57. The van der Waals surface area contributed by atoms with Gasteiger partial charge in [0.25, 0.3) is 0 Å². The van der Waals surface area contributed by atoms with Crippen LogP contribution in [0.2, 0.25) is 5.02 Å². The summed E-state index contributed by atoms with van der Waals surface area (Å²) in [5.74, 6) is 0.408. The van der Waals surface area contributed by atoms with Crippen LogP contribution in [0.5, 0.6) is 0 Å². The van der Waals surface area contributed by atoms with Gasteiger partial charge in [-0.05, 0) is 30.9 Å². The Kier molecular flexibility index (Phi) is 5.24. The molecule has 1 unspecified atom stereocenters. The van der Waals surface area contributed by atoms with Crippen LogP contribution in [0.4, 0.5) is 0 Å². The summed E-state index contributed by atoms with van der Waals surface area (Å²) in [6.07, 6.45) is 2.93. The Labute approximate surface area is 136 Å². The molecule has 0 amide bonds. The highest BCUT2D eigenvalue weighted by Gasteiger charge is 2.31. The Morgan fingerprint density at radius 2 is 2.24 bits per heavy atom. The molecule has 0 radical (unpaired) electrons. The van der Waals surface area contributed by atoms with Crippen molar-refractivity contribution in [1.29, 1.82) is 0 Å². The van der Waals surface area contributed by atoms with Gasteiger partial charge in [0.05, 0.1) is 5.02 Å². The molecular formula is C14H19ClN2O2S2. The number of hydrogen-bond donors (Lipinski definition) is 1. The van der Waals surface area contributed by atoms with Crippen LogP contribution in [0, 0.1) is 5.92 Å². The van der Waals surface area contributed by atoms with Gasteiger partial charge in [0.1, 0.15) is 9.88 Å². The molecular weight excluding hydrogens is 328 g/mol. The van der Waals surface area contributed by atoms with E-state index in [1.54, 1.807) is 6.07 Å². The zero-order valence-corrected chi connectivity index (χ0v) is 14.3. The minimum atomic E-state index is -3.61. The Balaban J connectivity index is 2.39. The summed E-state index contributed by atoms with van der Waals surface area (Å²) in [7, 11) is -3.61. The second-order valence-corrected chi connectivity index (χ2v) is 8.04.